The molecule has 12 heteroatoms. The second-order valence-electron chi connectivity index (χ2n) is 10.2. The number of rotatable bonds is 9. The molecular formula is C29H36N8O4. The molecule has 2 aliphatic heterocycles. The molecule has 6 rings (SSSR count). The highest BCUT2D eigenvalue weighted by molar-refractivity contribution is 5.93. The monoisotopic (exact) mass is 560 g/mol. The molecule has 2 aromatic heterocycles. The largest absolute Gasteiger partial charge is 0.493 e. The minimum absolute atomic E-state index is 0.0101. The summed E-state index contributed by atoms with van der Waals surface area (Å²) in [5, 5.41) is 17.7. The van der Waals surface area contributed by atoms with Gasteiger partial charge in [-0.2, -0.15) is 4.98 Å². The Hall–Kier alpha value is -4.29. The number of imidazole rings is 1. The third-order valence-electron chi connectivity index (χ3n) is 7.77. The fraction of sp³-hybridized carbons (Fsp3) is 0.414. The van der Waals surface area contributed by atoms with Crippen LogP contribution in [0, 0.1) is 0 Å². The first kappa shape index (κ1) is 26.9. The van der Waals surface area contributed by atoms with Crippen molar-refractivity contribution in [3.05, 3.63) is 42.9 Å². The first-order chi connectivity index (χ1) is 20.1. The Balaban J connectivity index is 1.37. The van der Waals surface area contributed by atoms with Crippen molar-refractivity contribution in [3.63, 3.8) is 0 Å². The number of nitrogens with one attached hydrogen (secondary N) is 2. The quantitative estimate of drug-likeness (QED) is 0.280. The van der Waals surface area contributed by atoms with Crippen LogP contribution in [-0.4, -0.2) is 91.3 Å². The van der Waals surface area contributed by atoms with Crippen molar-refractivity contribution >= 4 is 34.2 Å². The minimum Gasteiger partial charge on any atom is -0.493 e. The number of methoxy groups -OCH3 is 3. The normalized spacial score (nSPS) is 17.2. The first-order valence-electron chi connectivity index (χ1n) is 13.9. The van der Waals surface area contributed by atoms with Crippen molar-refractivity contribution in [2.24, 2.45) is 0 Å². The third kappa shape index (κ3) is 5.27. The van der Waals surface area contributed by atoms with Gasteiger partial charge in [0.05, 0.1) is 51.4 Å². The topological polar surface area (TPSA) is 122 Å². The summed E-state index contributed by atoms with van der Waals surface area (Å²) in [6.45, 7) is 4.70. The number of ether oxygens (including phenoxy) is 3. The van der Waals surface area contributed by atoms with E-state index < -0.39 is 0 Å². The zero-order valence-electron chi connectivity index (χ0n) is 23.6. The number of hydrogen-bond acceptors (Lipinski definition) is 11. The Labute approximate surface area is 238 Å². The number of hydrogen-bond donors (Lipinski definition) is 3. The molecule has 0 bridgehead atoms. The fourth-order valence-corrected chi connectivity index (χ4v) is 5.60. The van der Waals surface area contributed by atoms with E-state index in [1.807, 2.05) is 22.9 Å². The molecule has 0 aliphatic carbocycles. The van der Waals surface area contributed by atoms with Crippen molar-refractivity contribution in [1.29, 1.82) is 0 Å². The van der Waals surface area contributed by atoms with E-state index >= 15 is 0 Å². The number of fused-ring (bicyclic) bond motifs is 1. The van der Waals surface area contributed by atoms with Crippen LogP contribution in [-0.2, 0) is 0 Å². The Morgan fingerprint density at radius 2 is 1.76 bits per heavy atom. The maximum Gasteiger partial charge on any atom is 0.228 e. The van der Waals surface area contributed by atoms with Crippen LogP contribution in [0.15, 0.2) is 42.9 Å². The molecule has 216 valence electrons. The number of benzene rings is 2. The van der Waals surface area contributed by atoms with E-state index in [4.69, 9.17) is 24.2 Å². The molecule has 3 N–H and O–H groups in total. The Bertz CT molecular complexity index is 1500. The van der Waals surface area contributed by atoms with Crippen molar-refractivity contribution in [2.75, 3.05) is 75.8 Å². The van der Waals surface area contributed by atoms with Crippen LogP contribution in [0.25, 0.3) is 16.6 Å². The molecule has 2 aliphatic rings. The zero-order chi connectivity index (χ0) is 28.3. The first-order valence-corrected chi connectivity index (χ1v) is 13.9. The molecule has 12 nitrogen and oxygen atoms in total. The average molecular weight is 561 g/mol. The van der Waals surface area contributed by atoms with Gasteiger partial charge in [0.1, 0.15) is 18.0 Å². The van der Waals surface area contributed by atoms with Crippen molar-refractivity contribution in [1.82, 2.24) is 24.8 Å². The lowest BCUT2D eigenvalue weighted by atomic mass is 10.2. The summed E-state index contributed by atoms with van der Waals surface area (Å²) in [5.41, 5.74) is 2.79. The van der Waals surface area contributed by atoms with Crippen LogP contribution < -0.4 is 34.6 Å². The molecule has 1 unspecified atom stereocenters. The Morgan fingerprint density at radius 3 is 2.46 bits per heavy atom. The summed E-state index contributed by atoms with van der Waals surface area (Å²) < 4.78 is 18.4. The van der Waals surface area contributed by atoms with Gasteiger partial charge in [-0.15, -0.1) is 0 Å². The molecule has 2 aromatic carbocycles. The Kier molecular flexibility index (Phi) is 7.66. The zero-order valence-corrected chi connectivity index (χ0v) is 23.6. The van der Waals surface area contributed by atoms with Gasteiger partial charge in [-0.1, -0.05) is 0 Å². The van der Waals surface area contributed by atoms with E-state index in [2.05, 4.69) is 43.6 Å². The van der Waals surface area contributed by atoms with E-state index in [1.165, 1.54) is 0 Å². The van der Waals surface area contributed by atoms with E-state index in [-0.39, 0.29) is 12.6 Å². The summed E-state index contributed by atoms with van der Waals surface area (Å²) in [4.78, 5) is 19.0. The lowest BCUT2D eigenvalue weighted by molar-refractivity contribution is 0.265. The van der Waals surface area contributed by atoms with Gasteiger partial charge >= 0.3 is 0 Å². The summed E-state index contributed by atoms with van der Waals surface area (Å²) in [7, 11) is 4.77. The third-order valence-corrected chi connectivity index (χ3v) is 7.77. The fourth-order valence-electron chi connectivity index (χ4n) is 5.60. The molecule has 0 spiro atoms. The average Bonchev–Trinajstić information content (AvgIpc) is 3.70. The van der Waals surface area contributed by atoms with Crippen LogP contribution in [0.2, 0.25) is 0 Å². The number of aliphatic hydroxyl groups is 1. The van der Waals surface area contributed by atoms with Gasteiger partial charge in [0.2, 0.25) is 11.7 Å². The summed E-state index contributed by atoms with van der Waals surface area (Å²) in [6.07, 6.45) is 5.52. The molecule has 4 heterocycles. The van der Waals surface area contributed by atoms with Gasteiger partial charge in [0.25, 0.3) is 0 Å². The minimum atomic E-state index is 0.0101. The van der Waals surface area contributed by atoms with Crippen LogP contribution in [0.3, 0.4) is 0 Å². The van der Waals surface area contributed by atoms with Crippen LogP contribution in [0.4, 0.5) is 23.3 Å². The smallest absolute Gasteiger partial charge is 0.228 e. The molecule has 2 fully saturated rings. The summed E-state index contributed by atoms with van der Waals surface area (Å²) >= 11 is 0. The predicted octanol–water partition coefficient (Wildman–Crippen LogP) is 2.96. The number of aliphatic hydroxyl groups excluding tert-OH is 1. The highest BCUT2D eigenvalue weighted by Crippen LogP contribution is 2.39. The molecule has 2 saturated heterocycles. The second kappa shape index (κ2) is 11.7. The number of aromatic nitrogens is 4. The van der Waals surface area contributed by atoms with Crippen LogP contribution in [0.5, 0.6) is 17.2 Å². The van der Waals surface area contributed by atoms with E-state index in [9.17, 15) is 5.11 Å². The molecule has 41 heavy (non-hydrogen) atoms. The van der Waals surface area contributed by atoms with Gasteiger partial charge in [-0.3, -0.25) is 0 Å². The highest BCUT2D eigenvalue weighted by Gasteiger charge is 2.27. The molecule has 0 radical (unpaired) electrons. The van der Waals surface area contributed by atoms with E-state index in [0.717, 1.165) is 67.8 Å². The van der Waals surface area contributed by atoms with Gasteiger partial charge in [-0.05, 0) is 31.0 Å². The van der Waals surface area contributed by atoms with E-state index in [0.29, 0.717) is 34.8 Å². The van der Waals surface area contributed by atoms with E-state index in [1.54, 1.807) is 27.7 Å². The lowest BCUT2D eigenvalue weighted by Gasteiger charge is -2.29. The van der Waals surface area contributed by atoms with Gasteiger partial charge in [0, 0.05) is 55.9 Å². The van der Waals surface area contributed by atoms with Gasteiger partial charge in [0.15, 0.2) is 11.5 Å². The molecule has 0 amide bonds. The van der Waals surface area contributed by atoms with Crippen LogP contribution >= 0.6 is 0 Å². The summed E-state index contributed by atoms with van der Waals surface area (Å²) in [6, 6.07) is 10.1. The maximum absolute atomic E-state index is 9.98. The lowest BCUT2D eigenvalue weighted by Crippen LogP contribution is -2.43. The van der Waals surface area contributed by atoms with Crippen molar-refractivity contribution in [3.8, 4) is 22.9 Å². The molecular weight excluding hydrogens is 524 g/mol. The highest BCUT2D eigenvalue weighted by atomic mass is 16.5. The maximum atomic E-state index is 9.98. The van der Waals surface area contributed by atoms with Gasteiger partial charge in [-0.25, -0.2) is 9.97 Å². The van der Waals surface area contributed by atoms with Crippen molar-refractivity contribution < 1.29 is 19.3 Å². The SMILES string of the molecule is COc1cc(-n2cnc(Nc3nc(N4CCCC4CO)nc4cc(N5CCNCC5)ccc34)c2)cc(OC)c1OC. The molecule has 4 aromatic rings. The van der Waals surface area contributed by atoms with Crippen molar-refractivity contribution in [2.45, 2.75) is 18.9 Å². The number of piperazine rings is 1. The standard InChI is InChI=1S/C29H36N8O4/c1-39-24-14-21(15-25(40-2)27(24)41-3)36-16-26(31-18-36)33-28-22-7-6-19(35-11-8-30-9-12-35)13-23(22)32-29(34-28)37-10-4-5-20(37)17-38/h6-7,13-16,18,20,30,38H,4-5,8-12,17H2,1-3H3,(H,32,33,34). The van der Waals surface area contributed by atoms with Crippen LogP contribution in [0.1, 0.15) is 12.8 Å². The predicted molar refractivity (Wildman–Crippen MR) is 159 cm³/mol. The Morgan fingerprint density at radius 1 is 0.976 bits per heavy atom. The van der Waals surface area contributed by atoms with Gasteiger partial charge < -0.3 is 44.3 Å². The number of anilines is 4. The summed E-state index contributed by atoms with van der Waals surface area (Å²) in [5.74, 6) is 3.53. The molecule has 0 saturated carbocycles. The molecule has 1 atom stereocenters. The number of nitrogens with zero attached hydrogens (tertiary/aromatic N) is 6. The second-order valence-corrected chi connectivity index (χ2v) is 10.2.